The van der Waals surface area contributed by atoms with Crippen LogP contribution in [-0.2, 0) is 14.4 Å². The van der Waals surface area contributed by atoms with Gasteiger partial charge in [0.05, 0.1) is 10.6 Å². The first-order chi connectivity index (χ1) is 13.8. The molecule has 0 saturated carbocycles. The molecule has 0 aromatic heterocycles. The molecule has 29 heavy (non-hydrogen) atoms. The van der Waals surface area contributed by atoms with Crippen LogP contribution in [0.25, 0.3) is 0 Å². The third-order valence-electron chi connectivity index (χ3n) is 4.71. The number of nitro groups is 1. The van der Waals surface area contributed by atoms with Crippen LogP contribution in [0.2, 0.25) is 0 Å². The minimum absolute atomic E-state index is 0.0663. The van der Waals surface area contributed by atoms with E-state index in [1.165, 1.54) is 18.2 Å². The van der Waals surface area contributed by atoms with Crippen LogP contribution in [-0.4, -0.2) is 29.2 Å². The molecule has 2 aromatic rings. The van der Waals surface area contributed by atoms with Crippen LogP contribution in [0.15, 0.2) is 36.4 Å². The first kappa shape index (κ1) is 20.0. The first-order valence-corrected chi connectivity index (χ1v) is 9.04. The molecule has 1 heterocycles. The van der Waals surface area contributed by atoms with Gasteiger partial charge in [-0.05, 0) is 49.6 Å². The molecule has 0 radical (unpaired) electrons. The van der Waals surface area contributed by atoms with Gasteiger partial charge in [-0.1, -0.05) is 6.07 Å². The highest BCUT2D eigenvalue weighted by molar-refractivity contribution is 6.43. The monoisotopic (exact) mass is 396 g/mol. The molecule has 0 unspecified atom stereocenters. The van der Waals surface area contributed by atoms with E-state index in [4.69, 9.17) is 0 Å². The van der Waals surface area contributed by atoms with E-state index >= 15 is 0 Å². The summed E-state index contributed by atoms with van der Waals surface area (Å²) in [6.07, 6.45) is 1.34. The van der Waals surface area contributed by atoms with Crippen molar-refractivity contribution in [2.75, 3.05) is 22.1 Å². The average Bonchev–Trinajstić information content (AvgIpc) is 3.09. The largest absolute Gasteiger partial charge is 0.318 e. The SMILES string of the molecule is Cc1ccc([N+](=O)[O-])cc1NC(=O)C(=O)Nc1ccc(N2CCCC2=O)c(C)c1. The summed E-state index contributed by atoms with van der Waals surface area (Å²) < 4.78 is 0. The molecule has 3 amide bonds. The second-order valence-corrected chi connectivity index (χ2v) is 6.81. The zero-order valence-corrected chi connectivity index (χ0v) is 16.0. The Kier molecular flexibility index (Phi) is 5.58. The molecular formula is C20H20N4O5. The molecule has 150 valence electrons. The first-order valence-electron chi connectivity index (χ1n) is 9.04. The van der Waals surface area contributed by atoms with Crippen molar-refractivity contribution < 1.29 is 19.3 Å². The number of nitrogens with zero attached hydrogens (tertiary/aromatic N) is 2. The summed E-state index contributed by atoms with van der Waals surface area (Å²) in [5.41, 5.74) is 2.59. The Hall–Kier alpha value is -3.75. The highest BCUT2D eigenvalue weighted by Gasteiger charge is 2.23. The Morgan fingerprint density at radius 3 is 2.38 bits per heavy atom. The van der Waals surface area contributed by atoms with E-state index in [0.29, 0.717) is 24.2 Å². The Balaban J connectivity index is 1.69. The summed E-state index contributed by atoms with van der Waals surface area (Å²) in [5, 5.41) is 15.8. The van der Waals surface area contributed by atoms with E-state index in [1.54, 1.807) is 30.0 Å². The fraction of sp³-hybridized carbons (Fsp3) is 0.250. The van der Waals surface area contributed by atoms with Gasteiger partial charge in [-0.3, -0.25) is 24.5 Å². The lowest BCUT2D eigenvalue weighted by Gasteiger charge is -2.19. The van der Waals surface area contributed by atoms with E-state index in [-0.39, 0.29) is 17.3 Å². The van der Waals surface area contributed by atoms with Crippen LogP contribution in [0, 0.1) is 24.0 Å². The third kappa shape index (κ3) is 4.40. The molecule has 0 spiro atoms. The molecule has 2 N–H and O–H groups in total. The fourth-order valence-corrected chi connectivity index (χ4v) is 3.16. The predicted octanol–water partition coefficient (Wildman–Crippen LogP) is 2.92. The number of nitrogens with one attached hydrogen (secondary N) is 2. The number of non-ortho nitro benzene ring substituents is 1. The van der Waals surface area contributed by atoms with Crippen LogP contribution in [0.3, 0.4) is 0 Å². The van der Waals surface area contributed by atoms with Crippen molar-refractivity contribution in [3.05, 3.63) is 57.6 Å². The lowest BCUT2D eigenvalue weighted by Crippen LogP contribution is -2.29. The van der Waals surface area contributed by atoms with Gasteiger partial charge in [-0.25, -0.2) is 0 Å². The highest BCUT2D eigenvalue weighted by Crippen LogP contribution is 2.27. The van der Waals surface area contributed by atoms with Crippen molar-refractivity contribution in [3.8, 4) is 0 Å². The maximum absolute atomic E-state index is 12.2. The van der Waals surface area contributed by atoms with Crippen LogP contribution in [0.4, 0.5) is 22.7 Å². The summed E-state index contributed by atoms with van der Waals surface area (Å²) in [6, 6.07) is 9.06. The number of nitro benzene ring substituents is 1. The normalized spacial score (nSPS) is 13.3. The fourth-order valence-electron chi connectivity index (χ4n) is 3.16. The van der Waals surface area contributed by atoms with Crippen LogP contribution < -0.4 is 15.5 Å². The Labute approximate surface area is 166 Å². The number of amides is 3. The molecule has 9 heteroatoms. The van der Waals surface area contributed by atoms with Gasteiger partial charge in [0.2, 0.25) is 5.91 Å². The number of rotatable bonds is 4. The Morgan fingerprint density at radius 1 is 1.03 bits per heavy atom. The maximum atomic E-state index is 12.2. The third-order valence-corrected chi connectivity index (χ3v) is 4.71. The van der Waals surface area contributed by atoms with E-state index < -0.39 is 16.7 Å². The molecule has 0 atom stereocenters. The van der Waals surface area contributed by atoms with E-state index in [1.807, 2.05) is 6.92 Å². The maximum Gasteiger partial charge on any atom is 0.314 e. The summed E-state index contributed by atoms with van der Waals surface area (Å²) in [4.78, 5) is 48.4. The molecule has 1 saturated heterocycles. The van der Waals surface area contributed by atoms with E-state index in [2.05, 4.69) is 10.6 Å². The molecule has 1 aliphatic heterocycles. The minimum Gasteiger partial charge on any atom is -0.318 e. The number of benzene rings is 2. The molecule has 3 rings (SSSR count). The topological polar surface area (TPSA) is 122 Å². The smallest absolute Gasteiger partial charge is 0.314 e. The van der Waals surface area contributed by atoms with E-state index in [0.717, 1.165) is 17.7 Å². The van der Waals surface area contributed by atoms with Crippen LogP contribution in [0.5, 0.6) is 0 Å². The van der Waals surface area contributed by atoms with Gasteiger partial charge in [0, 0.05) is 36.5 Å². The van der Waals surface area contributed by atoms with Crippen molar-refractivity contribution in [1.82, 2.24) is 0 Å². The van der Waals surface area contributed by atoms with Crippen molar-refractivity contribution in [1.29, 1.82) is 0 Å². The van der Waals surface area contributed by atoms with Crippen molar-refractivity contribution >= 4 is 40.5 Å². The zero-order valence-electron chi connectivity index (χ0n) is 16.0. The number of aryl methyl sites for hydroxylation is 2. The zero-order chi connectivity index (χ0) is 21.1. The lowest BCUT2D eigenvalue weighted by atomic mass is 10.1. The van der Waals surface area contributed by atoms with Gasteiger partial charge in [-0.2, -0.15) is 0 Å². The molecule has 9 nitrogen and oxygen atoms in total. The van der Waals surface area contributed by atoms with E-state index in [9.17, 15) is 24.5 Å². The van der Waals surface area contributed by atoms with Crippen LogP contribution >= 0.6 is 0 Å². The Bertz CT molecular complexity index is 1020. The Morgan fingerprint density at radius 2 is 1.76 bits per heavy atom. The van der Waals surface area contributed by atoms with Gasteiger partial charge in [-0.15, -0.1) is 0 Å². The standard InChI is InChI=1S/C20H20N4O5/c1-12-5-7-15(24(28)29)11-16(12)22-20(27)19(26)21-14-6-8-17(13(2)10-14)23-9-3-4-18(23)25/h5-8,10-11H,3-4,9H2,1-2H3,(H,21,26)(H,22,27). The summed E-state index contributed by atoms with van der Waals surface area (Å²) in [5.74, 6) is -1.78. The lowest BCUT2D eigenvalue weighted by molar-refractivity contribution is -0.384. The summed E-state index contributed by atoms with van der Waals surface area (Å²) >= 11 is 0. The quantitative estimate of drug-likeness (QED) is 0.467. The van der Waals surface area contributed by atoms with Gasteiger partial charge >= 0.3 is 11.8 Å². The molecule has 1 aliphatic rings. The van der Waals surface area contributed by atoms with Gasteiger partial charge < -0.3 is 15.5 Å². The van der Waals surface area contributed by atoms with Crippen molar-refractivity contribution in [2.24, 2.45) is 0 Å². The molecular weight excluding hydrogens is 376 g/mol. The number of carbonyl (C=O) groups is 3. The van der Waals surface area contributed by atoms with Gasteiger partial charge in [0.25, 0.3) is 5.69 Å². The molecule has 0 aliphatic carbocycles. The summed E-state index contributed by atoms with van der Waals surface area (Å²) in [6.45, 7) is 4.15. The predicted molar refractivity (Wildman–Crippen MR) is 108 cm³/mol. The highest BCUT2D eigenvalue weighted by atomic mass is 16.6. The molecule has 0 bridgehead atoms. The number of hydrogen-bond acceptors (Lipinski definition) is 5. The summed E-state index contributed by atoms with van der Waals surface area (Å²) in [7, 11) is 0. The number of hydrogen-bond donors (Lipinski definition) is 2. The van der Waals surface area contributed by atoms with Crippen LogP contribution in [0.1, 0.15) is 24.0 Å². The average molecular weight is 396 g/mol. The van der Waals surface area contributed by atoms with Crippen molar-refractivity contribution in [3.63, 3.8) is 0 Å². The molecule has 2 aromatic carbocycles. The van der Waals surface area contributed by atoms with Gasteiger partial charge in [0.15, 0.2) is 0 Å². The minimum atomic E-state index is -0.940. The number of anilines is 3. The molecule has 1 fully saturated rings. The number of carbonyl (C=O) groups excluding carboxylic acids is 3. The van der Waals surface area contributed by atoms with Crippen molar-refractivity contribution in [2.45, 2.75) is 26.7 Å². The second-order valence-electron chi connectivity index (χ2n) is 6.81. The van der Waals surface area contributed by atoms with Gasteiger partial charge in [0.1, 0.15) is 0 Å². The second kappa shape index (κ2) is 8.09.